The van der Waals surface area contributed by atoms with Gasteiger partial charge in [0.1, 0.15) is 0 Å². The topological polar surface area (TPSA) is 26.3 Å². The number of hydrogen-bond acceptors (Lipinski definition) is 2. The second-order valence-electron chi connectivity index (χ2n) is 2.37. The van der Waals surface area contributed by atoms with Crippen LogP contribution < -0.4 is 0 Å². The smallest absolute Gasteiger partial charge is 0.333 e. The fourth-order valence-corrected chi connectivity index (χ4v) is 1.03. The zero-order valence-electron chi connectivity index (χ0n) is 7.14. The van der Waals surface area contributed by atoms with Crippen LogP contribution in [0.1, 0.15) is 13.3 Å². The highest BCUT2D eigenvalue weighted by atomic mass is 28.2. The first-order valence-corrected chi connectivity index (χ1v) is 5.36. The Hall–Kier alpha value is -0.573. The molecule has 0 saturated carbocycles. The summed E-state index contributed by atoms with van der Waals surface area (Å²) in [5.41, 5.74) is 0.476. The molecule has 11 heavy (non-hydrogen) atoms. The van der Waals surface area contributed by atoms with Gasteiger partial charge in [0, 0.05) is 15.1 Å². The van der Waals surface area contributed by atoms with Gasteiger partial charge in [-0.1, -0.05) is 19.2 Å². The van der Waals surface area contributed by atoms with Gasteiger partial charge in [0.25, 0.3) is 0 Å². The Morgan fingerprint density at radius 1 is 1.64 bits per heavy atom. The molecule has 0 spiro atoms. The van der Waals surface area contributed by atoms with Crippen LogP contribution >= 0.6 is 0 Å². The van der Waals surface area contributed by atoms with Gasteiger partial charge >= 0.3 is 5.97 Å². The molecule has 0 bridgehead atoms. The second-order valence-corrected chi connectivity index (χ2v) is 3.58. The number of ether oxygens (including phenoxy) is 1. The Morgan fingerprint density at radius 2 is 2.27 bits per heavy atom. The van der Waals surface area contributed by atoms with E-state index in [0.717, 1.165) is 22.0 Å². The maximum Gasteiger partial charge on any atom is 0.333 e. The third-order valence-electron chi connectivity index (χ3n) is 1.15. The Morgan fingerprint density at radius 3 is 2.73 bits per heavy atom. The number of carbonyl (C=O) groups is 1. The van der Waals surface area contributed by atoms with E-state index < -0.39 is 0 Å². The second kappa shape index (κ2) is 6.16. The number of hydrogen-bond donors (Lipinski definition) is 0. The normalized spacial score (nSPS) is 9.27. The molecule has 0 unspecified atom stereocenters. The summed E-state index contributed by atoms with van der Waals surface area (Å²) < 4.78 is 4.87. The van der Waals surface area contributed by atoms with Gasteiger partial charge in [0.05, 0.1) is 6.61 Å². The molecule has 0 heterocycles. The Balaban J connectivity index is 3.25. The summed E-state index contributed by atoms with van der Waals surface area (Å²) >= 11 is 0. The Kier molecular flexibility index (Phi) is 5.84. The minimum Gasteiger partial charge on any atom is -0.462 e. The fourth-order valence-electron chi connectivity index (χ4n) is 0.537. The molecule has 0 aliphatic heterocycles. The van der Waals surface area contributed by atoms with Crippen molar-refractivity contribution in [3.8, 4) is 0 Å². The zero-order valence-corrected chi connectivity index (χ0v) is 8.14. The minimum absolute atomic E-state index is 0.274. The highest BCUT2D eigenvalue weighted by molar-refractivity contribution is 6.33. The lowest BCUT2D eigenvalue weighted by molar-refractivity contribution is -0.138. The van der Waals surface area contributed by atoms with Crippen molar-refractivity contribution in [1.29, 1.82) is 0 Å². The van der Waals surface area contributed by atoms with Crippen molar-refractivity contribution in [3.63, 3.8) is 0 Å². The number of esters is 1. The molecule has 0 amide bonds. The van der Waals surface area contributed by atoms with Gasteiger partial charge in [-0.15, -0.1) is 0 Å². The third-order valence-corrected chi connectivity index (χ3v) is 2.01. The molecule has 2 radical (unpaired) electrons. The van der Waals surface area contributed by atoms with Crippen LogP contribution in [0.4, 0.5) is 0 Å². The monoisotopic (exact) mass is 170 g/mol. The van der Waals surface area contributed by atoms with Gasteiger partial charge in [0.2, 0.25) is 0 Å². The van der Waals surface area contributed by atoms with E-state index in [-0.39, 0.29) is 5.97 Å². The molecular formula is C8H14O2Si. The first-order valence-electron chi connectivity index (χ1n) is 3.65. The fraction of sp³-hybridized carbons (Fsp3) is 0.625. The quantitative estimate of drug-likeness (QED) is 0.271. The van der Waals surface area contributed by atoms with E-state index >= 15 is 0 Å². The van der Waals surface area contributed by atoms with Crippen molar-refractivity contribution in [3.05, 3.63) is 12.2 Å². The Labute approximate surface area is 70.5 Å². The van der Waals surface area contributed by atoms with Crippen molar-refractivity contribution in [2.45, 2.75) is 25.9 Å². The molecular weight excluding hydrogens is 156 g/mol. The van der Waals surface area contributed by atoms with Crippen molar-refractivity contribution >= 4 is 15.5 Å². The van der Waals surface area contributed by atoms with Crippen LogP contribution in [0.25, 0.3) is 0 Å². The van der Waals surface area contributed by atoms with Gasteiger partial charge in [-0.3, -0.25) is 0 Å². The average molecular weight is 170 g/mol. The summed E-state index contributed by atoms with van der Waals surface area (Å²) in [5.74, 6) is -0.274. The van der Waals surface area contributed by atoms with Crippen molar-refractivity contribution in [2.24, 2.45) is 0 Å². The maximum atomic E-state index is 10.8. The molecule has 0 N–H and O–H groups in total. The minimum atomic E-state index is -0.274. The van der Waals surface area contributed by atoms with Gasteiger partial charge < -0.3 is 4.74 Å². The van der Waals surface area contributed by atoms with Crippen LogP contribution in [0, 0.1) is 0 Å². The SMILES string of the molecule is C=C(C)C(=O)OCCC[Si]C. The molecule has 0 aliphatic rings. The highest BCUT2D eigenvalue weighted by Crippen LogP contribution is 1.95. The van der Waals surface area contributed by atoms with Crippen molar-refractivity contribution < 1.29 is 9.53 Å². The summed E-state index contributed by atoms with van der Waals surface area (Å²) in [7, 11) is 0.942. The van der Waals surface area contributed by atoms with E-state index in [1.165, 1.54) is 0 Å². The van der Waals surface area contributed by atoms with Crippen LogP contribution in [-0.2, 0) is 9.53 Å². The van der Waals surface area contributed by atoms with Gasteiger partial charge in [-0.25, -0.2) is 4.79 Å². The number of rotatable bonds is 5. The molecule has 0 aromatic carbocycles. The molecule has 0 saturated heterocycles. The molecule has 2 nitrogen and oxygen atoms in total. The largest absolute Gasteiger partial charge is 0.462 e. The first-order chi connectivity index (χ1) is 5.18. The molecule has 0 fully saturated rings. The molecule has 0 rings (SSSR count). The summed E-state index contributed by atoms with van der Waals surface area (Å²) in [6, 6.07) is 1.14. The predicted octanol–water partition coefficient (Wildman–Crippen LogP) is 1.67. The molecule has 0 aliphatic carbocycles. The van der Waals surface area contributed by atoms with Gasteiger partial charge in [-0.05, 0) is 13.3 Å². The van der Waals surface area contributed by atoms with Gasteiger partial charge in [-0.2, -0.15) is 0 Å². The lowest BCUT2D eigenvalue weighted by Gasteiger charge is -2.01. The van der Waals surface area contributed by atoms with Crippen molar-refractivity contribution in [1.82, 2.24) is 0 Å². The predicted molar refractivity (Wildman–Crippen MR) is 46.8 cm³/mol. The van der Waals surface area contributed by atoms with E-state index in [2.05, 4.69) is 13.1 Å². The van der Waals surface area contributed by atoms with E-state index in [0.29, 0.717) is 12.2 Å². The summed E-state index contributed by atoms with van der Waals surface area (Å²) in [6.45, 7) is 7.81. The van der Waals surface area contributed by atoms with Crippen LogP contribution in [0.2, 0.25) is 12.6 Å². The van der Waals surface area contributed by atoms with E-state index in [1.54, 1.807) is 6.92 Å². The molecule has 3 heteroatoms. The van der Waals surface area contributed by atoms with Gasteiger partial charge in [0.15, 0.2) is 0 Å². The van der Waals surface area contributed by atoms with Crippen LogP contribution in [0.3, 0.4) is 0 Å². The first kappa shape index (κ1) is 10.4. The molecule has 62 valence electrons. The molecule has 0 aromatic heterocycles. The zero-order chi connectivity index (χ0) is 8.69. The number of carbonyl (C=O) groups excluding carboxylic acids is 1. The molecule has 0 atom stereocenters. The summed E-state index contributed by atoms with van der Waals surface area (Å²) in [4.78, 5) is 10.8. The van der Waals surface area contributed by atoms with Crippen LogP contribution in [-0.4, -0.2) is 22.1 Å². The van der Waals surface area contributed by atoms with Crippen LogP contribution in [0.15, 0.2) is 12.2 Å². The third kappa shape index (κ3) is 5.85. The average Bonchev–Trinajstić information content (AvgIpc) is 1.97. The highest BCUT2D eigenvalue weighted by Gasteiger charge is 2.00. The lowest BCUT2D eigenvalue weighted by Crippen LogP contribution is -2.06. The summed E-state index contributed by atoms with van der Waals surface area (Å²) in [6.07, 6.45) is 0.966. The van der Waals surface area contributed by atoms with Crippen molar-refractivity contribution in [2.75, 3.05) is 6.61 Å². The van der Waals surface area contributed by atoms with E-state index in [1.807, 2.05) is 0 Å². The molecule has 0 aromatic rings. The van der Waals surface area contributed by atoms with Crippen LogP contribution in [0.5, 0.6) is 0 Å². The van der Waals surface area contributed by atoms with E-state index in [9.17, 15) is 4.79 Å². The van der Waals surface area contributed by atoms with E-state index in [4.69, 9.17) is 4.74 Å². The maximum absolute atomic E-state index is 10.8. The summed E-state index contributed by atoms with van der Waals surface area (Å²) in [5, 5.41) is 0. The standard InChI is InChI=1S/C8H14O2Si/c1-7(2)8(9)10-5-4-6-11-3/h1,4-6H2,2-3H3. The Bertz CT molecular complexity index is 143. The lowest BCUT2D eigenvalue weighted by atomic mass is 10.4.